The Morgan fingerprint density at radius 3 is 3.04 bits per heavy atom. The molecule has 1 atom stereocenters. The van der Waals surface area contributed by atoms with Gasteiger partial charge in [-0.25, -0.2) is 0 Å². The van der Waals surface area contributed by atoms with Crippen molar-refractivity contribution in [2.24, 2.45) is 10.9 Å². The van der Waals surface area contributed by atoms with Gasteiger partial charge in [-0.2, -0.15) is 0 Å². The van der Waals surface area contributed by atoms with Crippen molar-refractivity contribution in [3.8, 4) is 0 Å². The van der Waals surface area contributed by atoms with Crippen molar-refractivity contribution in [3.05, 3.63) is 34.0 Å². The number of aliphatic imine (C=N–C) groups is 1. The number of halogens is 1. The first-order chi connectivity index (χ1) is 11.3. The van der Waals surface area contributed by atoms with Crippen LogP contribution in [0.2, 0.25) is 0 Å². The van der Waals surface area contributed by atoms with Gasteiger partial charge in [-0.05, 0) is 37.1 Å². The van der Waals surface area contributed by atoms with Crippen molar-refractivity contribution in [2.75, 3.05) is 20.1 Å². The van der Waals surface area contributed by atoms with Crippen LogP contribution in [-0.4, -0.2) is 40.9 Å². The summed E-state index contributed by atoms with van der Waals surface area (Å²) in [5.41, 5.74) is 0. The molecule has 2 aromatic rings. The Bertz CT molecular complexity index is 652. The third-order valence-corrected chi connectivity index (χ3v) is 5.19. The third-order valence-electron chi connectivity index (χ3n) is 4.26. The highest BCUT2D eigenvalue weighted by Crippen LogP contribution is 2.19. The molecule has 0 fully saturated rings. The van der Waals surface area contributed by atoms with E-state index in [4.69, 9.17) is 0 Å². The Kier molecular flexibility index (Phi) is 7.47. The van der Waals surface area contributed by atoms with Gasteiger partial charge in [0.1, 0.15) is 11.6 Å². The topological polar surface area (TPSA) is 67.1 Å². The molecule has 0 amide bonds. The number of nitrogens with zero attached hydrogens (tertiary/aromatic N) is 4. The summed E-state index contributed by atoms with van der Waals surface area (Å²) in [6.07, 6.45) is 3.19. The van der Waals surface area contributed by atoms with Crippen molar-refractivity contribution in [1.29, 1.82) is 0 Å². The highest BCUT2D eigenvalue weighted by atomic mass is 127. The monoisotopic (exact) mass is 460 g/mol. The van der Waals surface area contributed by atoms with E-state index in [1.54, 1.807) is 11.3 Å². The van der Waals surface area contributed by atoms with E-state index in [0.717, 1.165) is 56.5 Å². The second kappa shape index (κ2) is 9.36. The lowest BCUT2D eigenvalue weighted by Gasteiger charge is -2.25. The second-order valence-electron chi connectivity index (χ2n) is 5.89. The van der Waals surface area contributed by atoms with Gasteiger partial charge in [0.2, 0.25) is 0 Å². The molecule has 3 heterocycles. The van der Waals surface area contributed by atoms with E-state index in [1.165, 1.54) is 4.88 Å². The largest absolute Gasteiger partial charge is 0.356 e. The van der Waals surface area contributed by atoms with Crippen molar-refractivity contribution in [3.63, 3.8) is 0 Å². The summed E-state index contributed by atoms with van der Waals surface area (Å²) in [5.74, 6) is 3.61. The van der Waals surface area contributed by atoms with E-state index in [-0.39, 0.29) is 24.0 Å². The van der Waals surface area contributed by atoms with Gasteiger partial charge in [0, 0.05) is 38.0 Å². The van der Waals surface area contributed by atoms with Crippen LogP contribution in [-0.2, 0) is 19.4 Å². The number of rotatable bonds is 5. The van der Waals surface area contributed by atoms with Gasteiger partial charge in [0.05, 0.1) is 0 Å². The molecular weight excluding hydrogens is 435 g/mol. The Labute approximate surface area is 164 Å². The number of fused-ring (bicyclic) bond motifs is 1. The number of aromatic nitrogens is 3. The van der Waals surface area contributed by atoms with E-state index < -0.39 is 0 Å². The molecule has 1 unspecified atom stereocenters. The SMILES string of the molecule is CN=C(NCCc1cccs1)NCC1CCc2nnc(C)n2C1.I. The van der Waals surface area contributed by atoms with Gasteiger partial charge in [-0.15, -0.1) is 45.5 Å². The van der Waals surface area contributed by atoms with Crippen molar-refractivity contribution in [1.82, 2.24) is 25.4 Å². The van der Waals surface area contributed by atoms with Gasteiger partial charge >= 0.3 is 0 Å². The predicted molar refractivity (Wildman–Crippen MR) is 109 cm³/mol. The van der Waals surface area contributed by atoms with E-state index in [2.05, 4.69) is 47.9 Å². The van der Waals surface area contributed by atoms with Gasteiger partial charge < -0.3 is 15.2 Å². The predicted octanol–water partition coefficient (Wildman–Crippen LogP) is 2.24. The van der Waals surface area contributed by atoms with Crippen LogP contribution in [0.4, 0.5) is 0 Å². The van der Waals surface area contributed by atoms with E-state index >= 15 is 0 Å². The van der Waals surface area contributed by atoms with E-state index in [0.29, 0.717) is 5.92 Å². The quantitative estimate of drug-likeness (QED) is 0.408. The zero-order chi connectivity index (χ0) is 16.1. The first kappa shape index (κ1) is 19.2. The fourth-order valence-electron chi connectivity index (χ4n) is 2.92. The number of guanidine groups is 1. The first-order valence-electron chi connectivity index (χ1n) is 8.12. The zero-order valence-electron chi connectivity index (χ0n) is 14.2. The van der Waals surface area contributed by atoms with E-state index in [9.17, 15) is 0 Å². The molecule has 24 heavy (non-hydrogen) atoms. The molecule has 2 N–H and O–H groups in total. The molecular formula is C16H25IN6S. The van der Waals surface area contributed by atoms with Crippen molar-refractivity contribution >= 4 is 41.3 Å². The van der Waals surface area contributed by atoms with Crippen LogP contribution < -0.4 is 10.6 Å². The minimum absolute atomic E-state index is 0. The number of nitrogens with one attached hydrogen (secondary N) is 2. The maximum Gasteiger partial charge on any atom is 0.190 e. The Hall–Kier alpha value is -1.16. The Morgan fingerprint density at radius 2 is 2.29 bits per heavy atom. The smallest absolute Gasteiger partial charge is 0.190 e. The van der Waals surface area contributed by atoms with Gasteiger partial charge in [-0.1, -0.05) is 6.07 Å². The standard InChI is InChI=1S/C16H24N6S.HI/c1-12-20-21-15-6-5-13(11-22(12)15)10-19-16(17-2)18-8-7-14-4-3-9-23-14;/h3-4,9,13H,5-8,10-11H2,1-2H3,(H2,17,18,19);1H. The molecule has 0 saturated heterocycles. The van der Waals surface area contributed by atoms with Crippen LogP contribution in [0.3, 0.4) is 0 Å². The fraction of sp³-hybridized carbons (Fsp3) is 0.562. The zero-order valence-corrected chi connectivity index (χ0v) is 17.3. The number of thiophene rings is 1. The fourth-order valence-corrected chi connectivity index (χ4v) is 3.63. The van der Waals surface area contributed by atoms with Crippen molar-refractivity contribution < 1.29 is 0 Å². The molecule has 6 nitrogen and oxygen atoms in total. The van der Waals surface area contributed by atoms with Crippen LogP contribution in [0.15, 0.2) is 22.5 Å². The summed E-state index contributed by atoms with van der Waals surface area (Å²) >= 11 is 1.80. The lowest BCUT2D eigenvalue weighted by atomic mass is 9.99. The maximum atomic E-state index is 4.31. The van der Waals surface area contributed by atoms with Crippen LogP contribution in [0.5, 0.6) is 0 Å². The summed E-state index contributed by atoms with van der Waals surface area (Å²) in [7, 11) is 1.82. The van der Waals surface area contributed by atoms with Crippen LogP contribution in [0, 0.1) is 12.8 Å². The Morgan fingerprint density at radius 1 is 1.42 bits per heavy atom. The second-order valence-corrected chi connectivity index (χ2v) is 6.92. The molecule has 8 heteroatoms. The Balaban J connectivity index is 0.00000208. The average Bonchev–Trinajstić information content (AvgIpc) is 3.21. The summed E-state index contributed by atoms with van der Waals surface area (Å²) in [6, 6.07) is 4.26. The highest BCUT2D eigenvalue weighted by molar-refractivity contribution is 14.0. The maximum absolute atomic E-state index is 4.31. The molecule has 0 spiro atoms. The molecule has 0 aromatic carbocycles. The average molecular weight is 460 g/mol. The number of hydrogen-bond acceptors (Lipinski definition) is 4. The van der Waals surface area contributed by atoms with Gasteiger partial charge in [-0.3, -0.25) is 4.99 Å². The van der Waals surface area contributed by atoms with Gasteiger partial charge in [0.25, 0.3) is 0 Å². The minimum atomic E-state index is 0. The first-order valence-corrected chi connectivity index (χ1v) is 9.00. The molecule has 0 radical (unpaired) electrons. The highest BCUT2D eigenvalue weighted by Gasteiger charge is 2.21. The number of aryl methyl sites for hydroxylation is 2. The molecule has 0 saturated carbocycles. The molecule has 0 aliphatic carbocycles. The van der Waals surface area contributed by atoms with Crippen LogP contribution >= 0.6 is 35.3 Å². The lowest BCUT2D eigenvalue weighted by Crippen LogP contribution is -2.42. The summed E-state index contributed by atoms with van der Waals surface area (Å²) in [4.78, 5) is 5.71. The van der Waals surface area contributed by atoms with Crippen molar-refractivity contribution in [2.45, 2.75) is 32.7 Å². The molecule has 1 aliphatic heterocycles. The molecule has 2 aromatic heterocycles. The van der Waals surface area contributed by atoms with Crippen LogP contribution in [0.1, 0.15) is 22.9 Å². The molecule has 1 aliphatic rings. The number of hydrogen-bond donors (Lipinski definition) is 2. The summed E-state index contributed by atoms with van der Waals surface area (Å²) in [6.45, 7) is 4.85. The molecule has 132 valence electrons. The lowest BCUT2D eigenvalue weighted by molar-refractivity contribution is 0.358. The van der Waals surface area contributed by atoms with Gasteiger partial charge in [0.15, 0.2) is 5.96 Å². The van der Waals surface area contributed by atoms with Crippen LogP contribution in [0.25, 0.3) is 0 Å². The van der Waals surface area contributed by atoms with E-state index in [1.807, 2.05) is 14.0 Å². The molecule has 3 rings (SSSR count). The molecule has 0 bridgehead atoms. The normalized spacial score (nSPS) is 17.1. The summed E-state index contributed by atoms with van der Waals surface area (Å²) in [5, 5.41) is 17.3. The third kappa shape index (κ3) is 4.92. The summed E-state index contributed by atoms with van der Waals surface area (Å²) < 4.78 is 2.24. The minimum Gasteiger partial charge on any atom is -0.356 e.